The predicted molar refractivity (Wildman–Crippen MR) is 113 cm³/mol. The molecule has 30 heavy (non-hydrogen) atoms. The molecule has 8 nitrogen and oxygen atoms in total. The number of anilines is 1. The summed E-state index contributed by atoms with van der Waals surface area (Å²) < 4.78 is 0. The molecule has 0 radical (unpaired) electrons. The minimum absolute atomic E-state index is 0.0287. The summed E-state index contributed by atoms with van der Waals surface area (Å²) in [7, 11) is 0. The summed E-state index contributed by atoms with van der Waals surface area (Å²) in [5.41, 5.74) is 0.197. The van der Waals surface area contributed by atoms with Gasteiger partial charge in [0.15, 0.2) is 11.7 Å². The molecule has 3 aliphatic carbocycles. The summed E-state index contributed by atoms with van der Waals surface area (Å²) >= 11 is 0. The van der Waals surface area contributed by atoms with Crippen molar-refractivity contribution in [3.05, 3.63) is 11.5 Å². The van der Waals surface area contributed by atoms with Crippen LogP contribution in [0.2, 0.25) is 0 Å². The van der Waals surface area contributed by atoms with Crippen LogP contribution in [0.3, 0.4) is 0 Å². The zero-order valence-corrected chi connectivity index (χ0v) is 18.1. The van der Waals surface area contributed by atoms with Crippen molar-refractivity contribution in [2.24, 2.45) is 16.3 Å². The maximum absolute atomic E-state index is 13.2. The Bertz CT molecular complexity index is 909. The van der Waals surface area contributed by atoms with Crippen LogP contribution in [0.1, 0.15) is 77.2 Å². The Morgan fingerprint density at radius 3 is 2.47 bits per heavy atom. The number of fused-ring (bicyclic) bond motifs is 6. The lowest BCUT2D eigenvalue weighted by Crippen LogP contribution is -2.50. The van der Waals surface area contributed by atoms with Gasteiger partial charge in [-0.05, 0) is 50.9 Å². The highest BCUT2D eigenvalue weighted by atomic mass is 16.4. The average Bonchev–Trinajstić information content (AvgIpc) is 3.38. The number of imidazole rings is 1. The number of hydrogen-bond donors (Lipinski definition) is 2. The quantitative estimate of drug-likeness (QED) is 0.771. The van der Waals surface area contributed by atoms with E-state index in [9.17, 15) is 14.7 Å². The zero-order valence-electron chi connectivity index (χ0n) is 18.1. The number of nitrogens with zero attached hydrogens (tertiary/aromatic N) is 4. The van der Waals surface area contributed by atoms with Gasteiger partial charge in [-0.3, -0.25) is 19.6 Å². The number of carbonyl (C=O) groups excluding carboxylic acids is 1. The molecule has 2 N–H and O–H groups in total. The van der Waals surface area contributed by atoms with Crippen molar-refractivity contribution < 1.29 is 14.7 Å². The molecule has 2 bridgehead atoms. The van der Waals surface area contributed by atoms with E-state index < -0.39 is 11.4 Å². The fourth-order valence-corrected chi connectivity index (χ4v) is 5.76. The second-order valence-electron chi connectivity index (χ2n) is 9.96. The lowest BCUT2D eigenvalue weighted by molar-refractivity contribution is -0.156. The Kier molecular flexibility index (Phi) is 4.28. The number of aromatic nitrogens is 2. The molecule has 162 valence electrons. The molecular weight excluding hydrogens is 382 g/mol. The van der Waals surface area contributed by atoms with Crippen LogP contribution in [0.4, 0.5) is 10.6 Å². The molecule has 0 aromatic carbocycles. The molecule has 8 heteroatoms. The van der Waals surface area contributed by atoms with E-state index in [4.69, 9.17) is 9.98 Å². The number of amidine groups is 1. The maximum atomic E-state index is 13.2. The standard InChI is InChI=1S/C22H31N5O3/c1-4-11-26-17-15(16-23-14(13(2)3)12-27(16)20(26)30)24-18(25-17)21-5-8-22(9-6-21,10-7-21)19(28)29/h13-14H,4-12H2,1-3H3,(H,24,25)(H,28,29)/t14-,21?,22?/m0/s1. The molecule has 1 aromatic rings. The van der Waals surface area contributed by atoms with E-state index in [0.29, 0.717) is 44.1 Å². The van der Waals surface area contributed by atoms with Crippen molar-refractivity contribution in [3.8, 4) is 0 Å². The SMILES string of the molecule is CCCN1C(=O)N2C[C@@H](C(C)C)N=C2c2[nH]c(C34CCC(C(=O)O)(CC3)CC4)nc21. The Morgan fingerprint density at radius 1 is 1.23 bits per heavy atom. The zero-order chi connectivity index (χ0) is 21.3. The molecule has 5 aliphatic rings. The monoisotopic (exact) mass is 413 g/mol. The van der Waals surface area contributed by atoms with Crippen molar-refractivity contribution >= 4 is 23.7 Å². The van der Waals surface area contributed by atoms with Crippen LogP contribution >= 0.6 is 0 Å². The van der Waals surface area contributed by atoms with E-state index in [0.717, 1.165) is 43.0 Å². The number of urea groups is 1. The van der Waals surface area contributed by atoms with Gasteiger partial charge in [-0.15, -0.1) is 0 Å². The first-order chi connectivity index (χ1) is 14.3. The number of aliphatic imine (C=N–C) groups is 1. The molecule has 1 atom stereocenters. The van der Waals surface area contributed by atoms with E-state index in [1.165, 1.54) is 0 Å². The van der Waals surface area contributed by atoms with Gasteiger partial charge in [-0.2, -0.15) is 0 Å². The van der Waals surface area contributed by atoms with Crippen LogP contribution in [0.5, 0.6) is 0 Å². The van der Waals surface area contributed by atoms with Gasteiger partial charge in [0, 0.05) is 12.0 Å². The number of rotatable bonds is 5. The topological polar surface area (TPSA) is 102 Å². The number of aliphatic carboxylic acids is 1. The fraction of sp³-hybridized carbons (Fsp3) is 0.727. The number of carboxylic acids is 1. The van der Waals surface area contributed by atoms with E-state index in [1.807, 2.05) is 0 Å². The maximum Gasteiger partial charge on any atom is 0.331 e. The summed E-state index contributed by atoms with van der Waals surface area (Å²) in [6.45, 7) is 7.59. The highest BCUT2D eigenvalue weighted by Gasteiger charge is 2.55. The molecule has 0 saturated heterocycles. The van der Waals surface area contributed by atoms with Gasteiger partial charge in [-0.25, -0.2) is 9.78 Å². The number of aromatic amines is 1. The van der Waals surface area contributed by atoms with Crippen LogP contribution in [0, 0.1) is 11.3 Å². The lowest BCUT2D eigenvalue weighted by atomic mass is 9.53. The summed E-state index contributed by atoms with van der Waals surface area (Å²) in [6, 6.07) is 0.0721. The molecule has 3 heterocycles. The summed E-state index contributed by atoms with van der Waals surface area (Å²) in [4.78, 5) is 42.1. The summed E-state index contributed by atoms with van der Waals surface area (Å²) in [5, 5.41) is 9.71. The molecule has 3 saturated carbocycles. The fourth-order valence-electron chi connectivity index (χ4n) is 5.76. The molecule has 0 unspecified atom stereocenters. The van der Waals surface area contributed by atoms with Gasteiger partial charge in [0.25, 0.3) is 0 Å². The lowest BCUT2D eigenvalue weighted by Gasteiger charge is -2.50. The van der Waals surface area contributed by atoms with Crippen LogP contribution < -0.4 is 4.90 Å². The van der Waals surface area contributed by atoms with Crippen molar-refractivity contribution in [2.45, 2.75) is 77.2 Å². The molecule has 2 aliphatic heterocycles. The third kappa shape index (κ3) is 2.58. The molecule has 2 amide bonds. The molecule has 0 spiro atoms. The van der Waals surface area contributed by atoms with Gasteiger partial charge in [0.1, 0.15) is 11.5 Å². The van der Waals surface area contributed by atoms with Crippen LogP contribution in [0.25, 0.3) is 0 Å². The first kappa shape index (κ1) is 19.6. The Balaban J connectivity index is 1.54. The van der Waals surface area contributed by atoms with E-state index in [2.05, 4.69) is 25.8 Å². The predicted octanol–water partition coefficient (Wildman–Crippen LogP) is 3.52. The van der Waals surface area contributed by atoms with Crippen LogP contribution in [-0.2, 0) is 10.2 Å². The molecular formula is C22H31N5O3. The number of nitrogens with one attached hydrogen (secondary N) is 1. The van der Waals surface area contributed by atoms with Gasteiger partial charge >= 0.3 is 12.0 Å². The normalized spacial score (nSPS) is 32.5. The second kappa shape index (κ2) is 6.56. The summed E-state index contributed by atoms with van der Waals surface area (Å²) in [6.07, 6.45) is 5.46. The summed E-state index contributed by atoms with van der Waals surface area (Å²) in [5.74, 6) is 2.05. The number of carboxylic acid groups (broad SMARTS) is 1. The Morgan fingerprint density at radius 2 is 1.90 bits per heavy atom. The third-order valence-electron chi connectivity index (χ3n) is 7.96. The first-order valence-electron chi connectivity index (χ1n) is 11.3. The van der Waals surface area contributed by atoms with E-state index >= 15 is 0 Å². The minimum Gasteiger partial charge on any atom is -0.481 e. The highest BCUT2D eigenvalue weighted by Crippen LogP contribution is 2.57. The largest absolute Gasteiger partial charge is 0.481 e. The number of carbonyl (C=O) groups is 2. The van der Waals surface area contributed by atoms with Gasteiger partial charge < -0.3 is 10.1 Å². The van der Waals surface area contributed by atoms with Crippen molar-refractivity contribution in [3.63, 3.8) is 0 Å². The second-order valence-corrected chi connectivity index (χ2v) is 9.96. The van der Waals surface area contributed by atoms with Gasteiger partial charge in [-0.1, -0.05) is 20.8 Å². The average molecular weight is 414 g/mol. The van der Waals surface area contributed by atoms with E-state index in [1.54, 1.807) is 9.80 Å². The smallest absolute Gasteiger partial charge is 0.331 e. The number of amides is 2. The highest BCUT2D eigenvalue weighted by molar-refractivity contribution is 6.18. The first-order valence-corrected chi connectivity index (χ1v) is 11.3. The molecule has 1 aromatic heterocycles. The Labute approximate surface area is 176 Å². The van der Waals surface area contributed by atoms with Gasteiger partial charge in [0.2, 0.25) is 0 Å². The van der Waals surface area contributed by atoms with Crippen LogP contribution in [0.15, 0.2) is 4.99 Å². The van der Waals surface area contributed by atoms with Gasteiger partial charge in [0.05, 0.1) is 18.0 Å². The molecule has 6 rings (SSSR count). The number of H-pyrrole nitrogens is 1. The molecule has 3 fully saturated rings. The van der Waals surface area contributed by atoms with E-state index in [-0.39, 0.29) is 17.5 Å². The van der Waals surface area contributed by atoms with Crippen molar-refractivity contribution in [1.82, 2.24) is 14.9 Å². The van der Waals surface area contributed by atoms with Crippen molar-refractivity contribution in [1.29, 1.82) is 0 Å². The van der Waals surface area contributed by atoms with Crippen molar-refractivity contribution in [2.75, 3.05) is 18.0 Å². The number of hydrogen-bond acceptors (Lipinski definition) is 4. The van der Waals surface area contributed by atoms with Crippen LogP contribution in [-0.4, -0.2) is 56.9 Å². The third-order valence-corrected chi connectivity index (χ3v) is 7.96. The minimum atomic E-state index is -0.648. The Hall–Kier alpha value is -2.38.